The lowest BCUT2D eigenvalue weighted by molar-refractivity contribution is 0.492. The number of nitrogen functional groups attached to an aromatic ring is 1. The number of hydrogen-bond acceptors (Lipinski definition) is 7. The highest BCUT2D eigenvalue weighted by Crippen LogP contribution is 2.19. The number of piperidine rings is 1. The van der Waals surface area contributed by atoms with Gasteiger partial charge in [-0.2, -0.15) is 15.0 Å². The summed E-state index contributed by atoms with van der Waals surface area (Å²) in [7, 11) is 0. The van der Waals surface area contributed by atoms with E-state index in [1.807, 2.05) is 0 Å². The maximum Gasteiger partial charge on any atom is 0.243 e. The number of nitrogens with zero attached hydrogens (tertiary/aromatic N) is 4. The minimum absolute atomic E-state index is 0.303. The smallest absolute Gasteiger partial charge is 0.243 e. The molecule has 118 valence electrons. The van der Waals surface area contributed by atoms with Gasteiger partial charge in [-0.1, -0.05) is 20.3 Å². The van der Waals surface area contributed by atoms with Gasteiger partial charge in [-0.3, -0.25) is 5.43 Å². The second-order valence-corrected chi connectivity index (χ2v) is 5.79. The molecule has 7 nitrogen and oxygen atoms in total. The van der Waals surface area contributed by atoms with Crippen LogP contribution in [0.3, 0.4) is 0 Å². The Hall–Kier alpha value is -1.63. The molecule has 7 heteroatoms. The highest BCUT2D eigenvalue weighted by molar-refractivity contribution is 5.43. The summed E-state index contributed by atoms with van der Waals surface area (Å²) in [5, 5.41) is 3.36. The van der Waals surface area contributed by atoms with E-state index < -0.39 is 0 Å². The third-order valence-corrected chi connectivity index (χ3v) is 4.25. The Kier molecular flexibility index (Phi) is 5.55. The van der Waals surface area contributed by atoms with Crippen molar-refractivity contribution >= 4 is 17.8 Å². The number of nitrogens with two attached hydrogens (primary N) is 1. The first-order valence-electron chi connectivity index (χ1n) is 7.88. The topological polar surface area (TPSA) is 92.0 Å². The fourth-order valence-electron chi connectivity index (χ4n) is 2.43. The minimum atomic E-state index is 0.303. The second-order valence-electron chi connectivity index (χ2n) is 5.79. The molecule has 1 aliphatic heterocycles. The summed E-state index contributed by atoms with van der Waals surface area (Å²) in [5.74, 6) is 7.74. The van der Waals surface area contributed by atoms with Gasteiger partial charge in [-0.15, -0.1) is 0 Å². The number of rotatable bonds is 6. The maximum atomic E-state index is 5.48. The quantitative estimate of drug-likeness (QED) is 0.545. The fourth-order valence-corrected chi connectivity index (χ4v) is 2.43. The van der Waals surface area contributed by atoms with Crippen molar-refractivity contribution < 1.29 is 0 Å². The molecule has 1 aromatic heterocycles. The van der Waals surface area contributed by atoms with Gasteiger partial charge in [0.15, 0.2) is 0 Å². The molecule has 4 N–H and O–H groups in total. The predicted molar refractivity (Wildman–Crippen MR) is 86.2 cm³/mol. The van der Waals surface area contributed by atoms with Crippen LogP contribution in [0.1, 0.15) is 46.5 Å². The zero-order valence-electron chi connectivity index (χ0n) is 13.3. The number of hydrogen-bond donors (Lipinski definition) is 3. The van der Waals surface area contributed by atoms with E-state index in [0.717, 1.165) is 19.5 Å². The van der Waals surface area contributed by atoms with Crippen LogP contribution in [0, 0.1) is 5.92 Å². The molecule has 0 aromatic carbocycles. The van der Waals surface area contributed by atoms with Gasteiger partial charge in [0.1, 0.15) is 0 Å². The zero-order valence-corrected chi connectivity index (χ0v) is 13.3. The molecule has 0 spiro atoms. The van der Waals surface area contributed by atoms with E-state index in [0.29, 0.717) is 29.8 Å². The maximum absolute atomic E-state index is 5.48. The highest BCUT2D eigenvalue weighted by Gasteiger charge is 2.17. The molecule has 21 heavy (non-hydrogen) atoms. The number of anilines is 3. The van der Waals surface area contributed by atoms with Crippen molar-refractivity contribution in [1.82, 2.24) is 15.0 Å². The van der Waals surface area contributed by atoms with Crippen molar-refractivity contribution in [2.75, 3.05) is 28.7 Å². The molecule has 1 fully saturated rings. The highest BCUT2D eigenvalue weighted by atomic mass is 15.4. The Morgan fingerprint density at radius 1 is 1.10 bits per heavy atom. The number of aromatic nitrogens is 3. The molecule has 0 aliphatic carbocycles. The van der Waals surface area contributed by atoms with Gasteiger partial charge >= 0.3 is 0 Å². The van der Waals surface area contributed by atoms with Crippen LogP contribution >= 0.6 is 0 Å². The molecule has 2 unspecified atom stereocenters. The summed E-state index contributed by atoms with van der Waals surface area (Å²) in [6.45, 7) is 8.53. The van der Waals surface area contributed by atoms with E-state index >= 15 is 0 Å². The molecule has 2 heterocycles. The van der Waals surface area contributed by atoms with Crippen LogP contribution < -0.4 is 21.5 Å². The van der Waals surface area contributed by atoms with E-state index in [-0.39, 0.29) is 0 Å². The summed E-state index contributed by atoms with van der Waals surface area (Å²) in [6, 6.07) is 0.303. The first-order chi connectivity index (χ1) is 10.1. The Bertz CT molecular complexity index is 445. The summed E-state index contributed by atoms with van der Waals surface area (Å²) >= 11 is 0. The van der Waals surface area contributed by atoms with Crippen LogP contribution in [-0.4, -0.2) is 34.1 Å². The lowest BCUT2D eigenvalue weighted by atomic mass is 10.0. The van der Waals surface area contributed by atoms with Crippen molar-refractivity contribution in [3.05, 3.63) is 0 Å². The molecular weight excluding hydrogens is 266 g/mol. The standard InChI is InChI=1S/C14H27N7/c1-4-10(2)11(3)16-12-17-13(20-15)19-14(18-12)21-8-6-5-7-9-21/h10-11H,4-9,15H2,1-3H3,(H2,16,17,18,19,20). The monoisotopic (exact) mass is 293 g/mol. The van der Waals surface area contributed by atoms with Crippen LogP contribution in [-0.2, 0) is 0 Å². The van der Waals surface area contributed by atoms with Crippen molar-refractivity contribution in [3.8, 4) is 0 Å². The number of hydrazine groups is 1. The van der Waals surface area contributed by atoms with E-state index in [2.05, 4.69) is 51.4 Å². The predicted octanol–water partition coefficient (Wildman–Crippen LogP) is 1.99. The van der Waals surface area contributed by atoms with Crippen molar-refractivity contribution in [2.24, 2.45) is 11.8 Å². The SMILES string of the molecule is CCC(C)C(C)Nc1nc(NN)nc(N2CCCCC2)n1. The van der Waals surface area contributed by atoms with Crippen molar-refractivity contribution in [3.63, 3.8) is 0 Å². The average Bonchev–Trinajstić information content (AvgIpc) is 2.54. The molecular formula is C14H27N7. The largest absolute Gasteiger partial charge is 0.351 e. The van der Waals surface area contributed by atoms with Gasteiger partial charge in [-0.05, 0) is 32.1 Å². The molecule has 2 atom stereocenters. The Morgan fingerprint density at radius 2 is 1.76 bits per heavy atom. The molecule has 0 radical (unpaired) electrons. The van der Waals surface area contributed by atoms with E-state index in [4.69, 9.17) is 5.84 Å². The Balaban J connectivity index is 2.16. The molecule has 0 amide bonds. The van der Waals surface area contributed by atoms with Gasteiger partial charge in [0, 0.05) is 19.1 Å². The van der Waals surface area contributed by atoms with Crippen molar-refractivity contribution in [1.29, 1.82) is 0 Å². The fraction of sp³-hybridized carbons (Fsp3) is 0.786. The molecule has 2 rings (SSSR count). The Labute approximate surface area is 126 Å². The lowest BCUT2D eigenvalue weighted by Gasteiger charge is -2.27. The normalized spacial score (nSPS) is 18.2. The van der Waals surface area contributed by atoms with Crippen LogP contribution in [0.5, 0.6) is 0 Å². The van der Waals surface area contributed by atoms with Gasteiger partial charge in [-0.25, -0.2) is 5.84 Å². The minimum Gasteiger partial charge on any atom is -0.351 e. The summed E-state index contributed by atoms with van der Waals surface area (Å²) in [6.07, 6.45) is 4.76. The summed E-state index contributed by atoms with van der Waals surface area (Å²) in [4.78, 5) is 15.4. The molecule has 1 saturated heterocycles. The second kappa shape index (κ2) is 7.40. The van der Waals surface area contributed by atoms with Crippen LogP contribution in [0.25, 0.3) is 0 Å². The molecule has 0 saturated carbocycles. The van der Waals surface area contributed by atoms with E-state index in [1.54, 1.807) is 0 Å². The van der Waals surface area contributed by atoms with Gasteiger partial charge in [0.05, 0.1) is 0 Å². The van der Waals surface area contributed by atoms with Gasteiger partial charge in [0.2, 0.25) is 17.8 Å². The third-order valence-electron chi connectivity index (χ3n) is 4.25. The van der Waals surface area contributed by atoms with Crippen LogP contribution in [0.2, 0.25) is 0 Å². The summed E-state index contributed by atoms with van der Waals surface area (Å²) in [5.41, 5.74) is 2.53. The van der Waals surface area contributed by atoms with Crippen molar-refractivity contribution in [2.45, 2.75) is 52.5 Å². The van der Waals surface area contributed by atoms with Gasteiger partial charge in [0.25, 0.3) is 0 Å². The van der Waals surface area contributed by atoms with E-state index in [9.17, 15) is 0 Å². The molecule has 0 bridgehead atoms. The molecule has 1 aliphatic rings. The molecule has 1 aromatic rings. The Morgan fingerprint density at radius 3 is 2.38 bits per heavy atom. The summed E-state index contributed by atoms with van der Waals surface area (Å²) < 4.78 is 0. The van der Waals surface area contributed by atoms with Crippen LogP contribution in [0.4, 0.5) is 17.8 Å². The third kappa shape index (κ3) is 4.17. The van der Waals surface area contributed by atoms with Gasteiger partial charge < -0.3 is 10.2 Å². The number of nitrogens with one attached hydrogen (secondary N) is 2. The van der Waals surface area contributed by atoms with Crippen LogP contribution in [0.15, 0.2) is 0 Å². The lowest BCUT2D eigenvalue weighted by Crippen LogP contribution is -2.32. The van der Waals surface area contributed by atoms with E-state index in [1.165, 1.54) is 19.3 Å². The zero-order chi connectivity index (χ0) is 15.2. The first kappa shape index (κ1) is 15.8. The first-order valence-corrected chi connectivity index (χ1v) is 7.88. The average molecular weight is 293 g/mol.